The molecule has 2 rings (SSSR count). The number of hydrogen-bond donors (Lipinski definition) is 2. The van der Waals surface area contributed by atoms with Gasteiger partial charge < -0.3 is 11.1 Å². The molecular formula is C13H10BrF3N2OS. The Morgan fingerprint density at radius 3 is 2.62 bits per heavy atom. The van der Waals surface area contributed by atoms with Crippen LogP contribution < -0.4 is 11.1 Å². The molecule has 0 aliphatic carbocycles. The molecule has 1 aromatic carbocycles. The average Bonchev–Trinajstić information content (AvgIpc) is 2.80. The van der Waals surface area contributed by atoms with Gasteiger partial charge in [0.25, 0.3) is 5.91 Å². The Bertz CT molecular complexity index is 670. The second-order valence-corrected chi connectivity index (χ2v) is 6.03. The van der Waals surface area contributed by atoms with E-state index in [1.54, 1.807) is 0 Å². The van der Waals surface area contributed by atoms with Gasteiger partial charge in [-0.1, -0.05) is 0 Å². The minimum atomic E-state index is -4.51. The van der Waals surface area contributed by atoms with Gasteiger partial charge in [-0.25, -0.2) is 0 Å². The van der Waals surface area contributed by atoms with E-state index < -0.39 is 17.6 Å². The number of rotatable bonds is 3. The van der Waals surface area contributed by atoms with Crippen molar-refractivity contribution in [3.63, 3.8) is 0 Å². The first-order valence-electron chi connectivity index (χ1n) is 5.76. The number of carbonyl (C=O) groups is 1. The van der Waals surface area contributed by atoms with Crippen LogP contribution in [0.15, 0.2) is 34.1 Å². The largest absolute Gasteiger partial charge is 0.416 e. The number of carbonyl (C=O) groups excluding carboxylic acids is 1. The predicted molar refractivity (Wildman–Crippen MR) is 79.0 cm³/mol. The van der Waals surface area contributed by atoms with Crippen LogP contribution in [0.1, 0.15) is 20.8 Å². The van der Waals surface area contributed by atoms with Crippen LogP contribution >= 0.6 is 27.3 Å². The maximum atomic E-state index is 12.6. The second-order valence-electron chi connectivity index (χ2n) is 4.17. The molecule has 0 saturated heterocycles. The van der Waals surface area contributed by atoms with E-state index in [-0.39, 0.29) is 17.8 Å². The van der Waals surface area contributed by atoms with E-state index in [2.05, 4.69) is 21.2 Å². The number of nitrogens with one attached hydrogen (secondary N) is 1. The summed E-state index contributed by atoms with van der Waals surface area (Å²) in [6.07, 6.45) is -4.51. The molecule has 0 saturated carbocycles. The fourth-order valence-corrected chi connectivity index (χ4v) is 3.07. The Kier molecular flexibility index (Phi) is 4.58. The Balaban J connectivity index is 2.17. The lowest BCUT2D eigenvalue weighted by Crippen LogP contribution is -2.24. The molecule has 0 bridgehead atoms. The minimum Gasteiger partial charge on any atom is -0.398 e. The molecule has 0 fully saturated rings. The molecule has 0 radical (unpaired) electrons. The number of thiophene rings is 1. The molecule has 8 heteroatoms. The van der Waals surface area contributed by atoms with E-state index in [0.717, 1.165) is 27.5 Å². The number of nitrogen functional groups attached to an aromatic ring is 1. The SMILES string of the molecule is Nc1ccc(C(F)(F)F)cc1C(=O)NCc1sccc1Br. The molecule has 2 aromatic rings. The Hall–Kier alpha value is -1.54. The van der Waals surface area contributed by atoms with Crippen molar-refractivity contribution in [2.45, 2.75) is 12.7 Å². The first kappa shape index (κ1) is 15.8. The van der Waals surface area contributed by atoms with Crippen molar-refractivity contribution in [1.82, 2.24) is 5.32 Å². The van der Waals surface area contributed by atoms with Gasteiger partial charge in [-0.15, -0.1) is 11.3 Å². The Morgan fingerprint density at radius 2 is 2.05 bits per heavy atom. The monoisotopic (exact) mass is 378 g/mol. The number of benzene rings is 1. The summed E-state index contributed by atoms with van der Waals surface area (Å²) in [6.45, 7) is 0.215. The number of amides is 1. The highest BCUT2D eigenvalue weighted by Crippen LogP contribution is 2.31. The van der Waals surface area contributed by atoms with Crippen LogP contribution in [0.3, 0.4) is 0 Å². The highest BCUT2D eigenvalue weighted by atomic mass is 79.9. The van der Waals surface area contributed by atoms with E-state index in [1.807, 2.05) is 11.4 Å². The fourth-order valence-electron chi connectivity index (χ4n) is 1.64. The highest BCUT2D eigenvalue weighted by Gasteiger charge is 2.31. The Morgan fingerprint density at radius 1 is 1.33 bits per heavy atom. The molecule has 0 spiro atoms. The van der Waals surface area contributed by atoms with Gasteiger partial charge >= 0.3 is 6.18 Å². The molecule has 112 valence electrons. The Labute approximate surface area is 131 Å². The zero-order chi connectivity index (χ0) is 15.6. The van der Waals surface area contributed by atoms with E-state index in [9.17, 15) is 18.0 Å². The zero-order valence-corrected chi connectivity index (χ0v) is 12.9. The summed E-state index contributed by atoms with van der Waals surface area (Å²) in [6, 6.07) is 4.51. The highest BCUT2D eigenvalue weighted by molar-refractivity contribution is 9.10. The summed E-state index contributed by atoms with van der Waals surface area (Å²) >= 11 is 4.74. The van der Waals surface area contributed by atoms with Crippen molar-refractivity contribution in [2.75, 3.05) is 5.73 Å². The molecule has 0 atom stereocenters. The number of anilines is 1. The first-order chi connectivity index (χ1) is 9.79. The van der Waals surface area contributed by atoms with Crippen molar-refractivity contribution in [2.24, 2.45) is 0 Å². The van der Waals surface area contributed by atoms with E-state index in [0.29, 0.717) is 0 Å². The molecule has 0 aliphatic rings. The van der Waals surface area contributed by atoms with Gasteiger partial charge in [-0.05, 0) is 45.6 Å². The lowest BCUT2D eigenvalue weighted by molar-refractivity contribution is -0.137. The van der Waals surface area contributed by atoms with E-state index >= 15 is 0 Å². The third-order valence-corrected chi connectivity index (χ3v) is 4.65. The van der Waals surface area contributed by atoms with Gasteiger partial charge in [-0.3, -0.25) is 4.79 Å². The molecule has 0 unspecified atom stereocenters. The number of halogens is 4. The van der Waals surface area contributed by atoms with Gasteiger partial charge in [0, 0.05) is 15.0 Å². The third-order valence-electron chi connectivity index (χ3n) is 2.73. The molecular weight excluding hydrogens is 369 g/mol. The van der Waals surface area contributed by atoms with E-state index in [4.69, 9.17) is 5.73 Å². The van der Waals surface area contributed by atoms with Gasteiger partial charge in [-0.2, -0.15) is 13.2 Å². The maximum absolute atomic E-state index is 12.6. The predicted octanol–water partition coefficient (Wildman–Crippen LogP) is 4.04. The van der Waals surface area contributed by atoms with Crippen LogP contribution in [0.25, 0.3) is 0 Å². The lowest BCUT2D eigenvalue weighted by atomic mass is 10.1. The second kappa shape index (κ2) is 6.07. The van der Waals surface area contributed by atoms with Crippen LogP contribution in [0, 0.1) is 0 Å². The lowest BCUT2D eigenvalue weighted by Gasteiger charge is -2.11. The maximum Gasteiger partial charge on any atom is 0.416 e. The van der Waals surface area contributed by atoms with Crippen LogP contribution in [0.5, 0.6) is 0 Å². The molecule has 3 N–H and O–H groups in total. The molecule has 1 heterocycles. The third kappa shape index (κ3) is 3.76. The first-order valence-corrected chi connectivity index (χ1v) is 7.43. The standard InChI is InChI=1S/C13H10BrF3N2OS/c14-9-3-4-21-11(9)6-19-12(20)8-5-7(13(15,16)17)1-2-10(8)18/h1-5H,6,18H2,(H,19,20). The quantitative estimate of drug-likeness (QED) is 0.791. The normalized spacial score (nSPS) is 11.4. The summed E-state index contributed by atoms with van der Waals surface area (Å²) < 4.78 is 38.8. The van der Waals surface area contributed by atoms with Crippen molar-refractivity contribution in [1.29, 1.82) is 0 Å². The topological polar surface area (TPSA) is 55.1 Å². The van der Waals surface area contributed by atoms with Gasteiger partial charge in [0.1, 0.15) is 0 Å². The van der Waals surface area contributed by atoms with Crippen LogP contribution in [0.4, 0.5) is 18.9 Å². The summed E-state index contributed by atoms with van der Waals surface area (Å²) in [5.74, 6) is -0.640. The molecule has 1 amide bonds. The zero-order valence-electron chi connectivity index (χ0n) is 10.5. The fraction of sp³-hybridized carbons (Fsp3) is 0.154. The van der Waals surface area contributed by atoms with Gasteiger partial charge in [0.05, 0.1) is 17.7 Å². The average molecular weight is 379 g/mol. The summed E-state index contributed by atoms with van der Waals surface area (Å²) in [7, 11) is 0. The van der Waals surface area contributed by atoms with Crippen molar-refractivity contribution in [3.8, 4) is 0 Å². The van der Waals surface area contributed by atoms with Crippen molar-refractivity contribution >= 4 is 38.9 Å². The number of alkyl halides is 3. The molecule has 21 heavy (non-hydrogen) atoms. The van der Waals surface area contributed by atoms with Crippen molar-refractivity contribution in [3.05, 3.63) is 50.1 Å². The smallest absolute Gasteiger partial charge is 0.398 e. The molecule has 1 aromatic heterocycles. The van der Waals surface area contributed by atoms with Crippen LogP contribution in [-0.2, 0) is 12.7 Å². The van der Waals surface area contributed by atoms with Crippen LogP contribution in [0.2, 0.25) is 0 Å². The number of hydrogen-bond acceptors (Lipinski definition) is 3. The summed E-state index contributed by atoms with van der Waals surface area (Å²) in [5, 5.41) is 4.39. The minimum absolute atomic E-state index is 0.00532. The number of nitrogens with two attached hydrogens (primary N) is 1. The molecule has 0 aliphatic heterocycles. The van der Waals surface area contributed by atoms with Crippen LogP contribution in [-0.4, -0.2) is 5.91 Å². The molecule has 3 nitrogen and oxygen atoms in total. The van der Waals surface area contributed by atoms with Gasteiger partial charge in [0.15, 0.2) is 0 Å². The summed E-state index contributed by atoms with van der Waals surface area (Å²) in [5.41, 5.74) is 4.50. The van der Waals surface area contributed by atoms with E-state index in [1.165, 1.54) is 11.3 Å². The van der Waals surface area contributed by atoms with Crippen molar-refractivity contribution < 1.29 is 18.0 Å². The van der Waals surface area contributed by atoms with Gasteiger partial charge in [0.2, 0.25) is 0 Å². The summed E-state index contributed by atoms with van der Waals surface area (Å²) in [4.78, 5) is 12.9.